The van der Waals surface area contributed by atoms with Gasteiger partial charge in [-0.3, -0.25) is 4.98 Å². The quantitative estimate of drug-likeness (QED) is 0.440. The van der Waals surface area contributed by atoms with Crippen molar-refractivity contribution in [3.63, 3.8) is 0 Å². The van der Waals surface area contributed by atoms with Gasteiger partial charge in [0.1, 0.15) is 0 Å². The Kier molecular flexibility index (Phi) is 2.80. The molecule has 0 fully saturated rings. The zero-order valence-electron chi connectivity index (χ0n) is 12.3. The predicted octanol–water partition coefficient (Wildman–Crippen LogP) is 5.18. The molecule has 0 radical (unpaired) electrons. The van der Waals surface area contributed by atoms with Gasteiger partial charge >= 0.3 is 0 Å². The predicted molar refractivity (Wildman–Crippen MR) is 88.9 cm³/mol. The standard InChI is InChI=1S/C20H14N2/c1-13-17-12-18-14(15(17)9-10-19(13)21-2)6-5-7-16(18)20-8-3-4-11-22-20/h3-11H,12H2,1H3. The van der Waals surface area contributed by atoms with Crippen LogP contribution >= 0.6 is 0 Å². The molecule has 2 aromatic carbocycles. The van der Waals surface area contributed by atoms with Gasteiger partial charge in [0.05, 0.1) is 12.3 Å². The monoisotopic (exact) mass is 282 g/mol. The van der Waals surface area contributed by atoms with E-state index in [0.717, 1.165) is 23.4 Å². The summed E-state index contributed by atoms with van der Waals surface area (Å²) < 4.78 is 0. The minimum Gasteiger partial charge on any atom is -0.256 e. The van der Waals surface area contributed by atoms with E-state index in [4.69, 9.17) is 6.57 Å². The fourth-order valence-corrected chi connectivity index (χ4v) is 3.31. The summed E-state index contributed by atoms with van der Waals surface area (Å²) in [5.74, 6) is 0. The molecule has 0 aliphatic heterocycles. The minimum absolute atomic E-state index is 0.756. The maximum Gasteiger partial charge on any atom is 0.190 e. The largest absolute Gasteiger partial charge is 0.256 e. The summed E-state index contributed by atoms with van der Waals surface area (Å²) in [4.78, 5) is 8.13. The zero-order valence-corrected chi connectivity index (χ0v) is 12.3. The van der Waals surface area contributed by atoms with Gasteiger partial charge in [-0.2, -0.15) is 0 Å². The Morgan fingerprint density at radius 1 is 0.909 bits per heavy atom. The zero-order chi connectivity index (χ0) is 15.1. The van der Waals surface area contributed by atoms with Crippen LogP contribution in [0.25, 0.3) is 27.2 Å². The molecule has 0 saturated heterocycles. The lowest BCUT2D eigenvalue weighted by atomic mass is 9.99. The maximum atomic E-state index is 7.30. The SMILES string of the molecule is [C-]#[N+]c1ccc2c(c1C)Cc1c(-c3ccccn3)cccc1-2. The second-order valence-electron chi connectivity index (χ2n) is 5.57. The van der Waals surface area contributed by atoms with Crippen LogP contribution in [0.15, 0.2) is 54.7 Å². The highest BCUT2D eigenvalue weighted by molar-refractivity contribution is 5.86. The number of benzene rings is 2. The highest BCUT2D eigenvalue weighted by Gasteiger charge is 2.24. The molecule has 0 amide bonds. The highest BCUT2D eigenvalue weighted by Crippen LogP contribution is 2.44. The summed E-state index contributed by atoms with van der Waals surface area (Å²) in [5, 5.41) is 0. The molecule has 1 aromatic heterocycles. The van der Waals surface area contributed by atoms with Crippen LogP contribution in [0.1, 0.15) is 16.7 Å². The number of fused-ring (bicyclic) bond motifs is 3. The molecule has 2 nitrogen and oxygen atoms in total. The second-order valence-corrected chi connectivity index (χ2v) is 5.57. The van der Waals surface area contributed by atoms with Gasteiger partial charge in [0.25, 0.3) is 0 Å². The van der Waals surface area contributed by atoms with Crippen LogP contribution in [0.5, 0.6) is 0 Å². The van der Waals surface area contributed by atoms with E-state index in [2.05, 4.69) is 47.1 Å². The van der Waals surface area contributed by atoms with E-state index in [0.29, 0.717) is 0 Å². The van der Waals surface area contributed by atoms with Crippen LogP contribution in [0.2, 0.25) is 0 Å². The van der Waals surface area contributed by atoms with Gasteiger partial charge < -0.3 is 0 Å². The third-order valence-corrected chi connectivity index (χ3v) is 4.45. The van der Waals surface area contributed by atoms with E-state index >= 15 is 0 Å². The summed E-state index contributed by atoms with van der Waals surface area (Å²) in [6.07, 6.45) is 2.71. The van der Waals surface area contributed by atoms with E-state index in [1.807, 2.05) is 24.4 Å². The number of pyridine rings is 1. The number of rotatable bonds is 1. The van der Waals surface area contributed by atoms with E-state index in [9.17, 15) is 0 Å². The van der Waals surface area contributed by atoms with Crippen LogP contribution in [-0.2, 0) is 6.42 Å². The normalized spacial score (nSPS) is 11.6. The second kappa shape index (κ2) is 4.82. The lowest BCUT2D eigenvalue weighted by Crippen LogP contribution is -1.90. The molecular weight excluding hydrogens is 268 g/mol. The molecule has 0 atom stereocenters. The molecule has 1 aliphatic carbocycles. The molecule has 22 heavy (non-hydrogen) atoms. The Morgan fingerprint density at radius 3 is 2.50 bits per heavy atom. The smallest absolute Gasteiger partial charge is 0.190 e. The fourth-order valence-electron chi connectivity index (χ4n) is 3.31. The lowest BCUT2D eigenvalue weighted by Gasteiger charge is -2.07. The van der Waals surface area contributed by atoms with Crippen molar-refractivity contribution in [2.24, 2.45) is 0 Å². The van der Waals surface area contributed by atoms with Gasteiger partial charge in [-0.1, -0.05) is 36.4 Å². The Bertz CT molecular complexity index is 918. The van der Waals surface area contributed by atoms with Gasteiger partial charge in [0.2, 0.25) is 0 Å². The number of nitrogens with zero attached hydrogens (tertiary/aromatic N) is 2. The molecule has 0 saturated carbocycles. The number of aromatic nitrogens is 1. The van der Waals surface area contributed by atoms with Crippen molar-refractivity contribution in [1.82, 2.24) is 4.98 Å². The average Bonchev–Trinajstić information content (AvgIpc) is 2.96. The van der Waals surface area contributed by atoms with Crippen molar-refractivity contribution in [2.75, 3.05) is 0 Å². The Morgan fingerprint density at radius 2 is 1.73 bits per heavy atom. The Labute approximate surface area is 129 Å². The maximum absolute atomic E-state index is 7.30. The third kappa shape index (κ3) is 1.76. The molecule has 0 bridgehead atoms. The van der Waals surface area contributed by atoms with E-state index in [-0.39, 0.29) is 0 Å². The van der Waals surface area contributed by atoms with Crippen LogP contribution in [0, 0.1) is 13.5 Å². The average molecular weight is 282 g/mol. The van der Waals surface area contributed by atoms with Gasteiger partial charge in [0, 0.05) is 11.8 Å². The molecular formula is C20H14N2. The molecule has 4 rings (SSSR count). The van der Waals surface area contributed by atoms with Gasteiger partial charge in [0.15, 0.2) is 5.69 Å². The first-order valence-electron chi connectivity index (χ1n) is 7.33. The van der Waals surface area contributed by atoms with Crippen molar-refractivity contribution in [2.45, 2.75) is 13.3 Å². The summed E-state index contributed by atoms with van der Waals surface area (Å²) >= 11 is 0. The molecule has 0 unspecified atom stereocenters. The molecule has 0 N–H and O–H groups in total. The van der Waals surface area contributed by atoms with Gasteiger partial charge in [-0.05, 0) is 53.3 Å². The Hall–Kier alpha value is -2.92. The first-order chi connectivity index (χ1) is 10.8. The third-order valence-electron chi connectivity index (χ3n) is 4.45. The van der Waals surface area contributed by atoms with Crippen LogP contribution in [0.4, 0.5) is 5.69 Å². The molecule has 3 aromatic rings. The van der Waals surface area contributed by atoms with Crippen LogP contribution in [0.3, 0.4) is 0 Å². The molecule has 1 aliphatic rings. The molecule has 0 spiro atoms. The van der Waals surface area contributed by atoms with E-state index < -0.39 is 0 Å². The summed E-state index contributed by atoms with van der Waals surface area (Å²) in [6, 6.07) is 16.4. The van der Waals surface area contributed by atoms with E-state index in [1.54, 1.807) is 0 Å². The van der Waals surface area contributed by atoms with Crippen molar-refractivity contribution >= 4 is 5.69 Å². The number of hydrogen-bond donors (Lipinski definition) is 0. The highest BCUT2D eigenvalue weighted by atomic mass is 14.7. The molecule has 1 heterocycles. The summed E-state index contributed by atoms with van der Waals surface area (Å²) in [5.41, 5.74) is 9.21. The van der Waals surface area contributed by atoms with Crippen LogP contribution < -0.4 is 0 Å². The summed E-state index contributed by atoms with van der Waals surface area (Å²) in [6.45, 7) is 9.35. The van der Waals surface area contributed by atoms with Crippen molar-refractivity contribution < 1.29 is 0 Å². The Balaban J connectivity index is 1.94. The van der Waals surface area contributed by atoms with Crippen molar-refractivity contribution in [3.8, 4) is 22.4 Å². The number of hydrogen-bond acceptors (Lipinski definition) is 1. The fraction of sp³-hybridized carbons (Fsp3) is 0.100. The van der Waals surface area contributed by atoms with Crippen LogP contribution in [-0.4, -0.2) is 4.98 Å². The van der Waals surface area contributed by atoms with Crippen molar-refractivity contribution in [3.05, 3.63) is 82.8 Å². The first-order valence-corrected chi connectivity index (χ1v) is 7.33. The lowest BCUT2D eigenvalue weighted by molar-refractivity contribution is 1.21. The van der Waals surface area contributed by atoms with Crippen molar-refractivity contribution in [1.29, 1.82) is 0 Å². The van der Waals surface area contributed by atoms with Gasteiger partial charge in [-0.15, -0.1) is 0 Å². The first kappa shape index (κ1) is 12.8. The van der Waals surface area contributed by atoms with E-state index in [1.165, 1.54) is 27.8 Å². The van der Waals surface area contributed by atoms with Gasteiger partial charge in [-0.25, -0.2) is 4.85 Å². The molecule has 104 valence electrons. The topological polar surface area (TPSA) is 17.2 Å². The molecule has 2 heteroatoms. The summed E-state index contributed by atoms with van der Waals surface area (Å²) in [7, 11) is 0. The minimum atomic E-state index is 0.756.